The SMILES string of the molecule is O=C(CCNC(=O)NC1CCCCC1)NC1CCCC1. The van der Waals surface area contributed by atoms with Crippen molar-refractivity contribution in [1.82, 2.24) is 16.0 Å². The Bertz CT molecular complexity index is 321. The Morgan fingerprint density at radius 2 is 1.35 bits per heavy atom. The Labute approximate surface area is 121 Å². The first-order valence-electron chi connectivity index (χ1n) is 8.08. The summed E-state index contributed by atoms with van der Waals surface area (Å²) in [6, 6.07) is 0.542. The highest BCUT2D eigenvalue weighted by Crippen LogP contribution is 2.18. The number of amides is 3. The Hall–Kier alpha value is -1.26. The van der Waals surface area contributed by atoms with Crippen LogP contribution in [-0.2, 0) is 4.79 Å². The molecule has 0 saturated heterocycles. The fourth-order valence-electron chi connectivity index (χ4n) is 3.14. The van der Waals surface area contributed by atoms with Gasteiger partial charge in [0.1, 0.15) is 0 Å². The maximum Gasteiger partial charge on any atom is 0.315 e. The van der Waals surface area contributed by atoms with Crippen molar-refractivity contribution in [3.8, 4) is 0 Å². The molecule has 0 radical (unpaired) electrons. The fraction of sp³-hybridized carbons (Fsp3) is 0.867. The van der Waals surface area contributed by atoms with Crippen molar-refractivity contribution in [3.63, 3.8) is 0 Å². The van der Waals surface area contributed by atoms with E-state index >= 15 is 0 Å². The van der Waals surface area contributed by atoms with Crippen LogP contribution in [0, 0.1) is 0 Å². The monoisotopic (exact) mass is 281 g/mol. The summed E-state index contributed by atoms with van der Waals surface area (Å²) < 4.78 is 0. The molecule has 0 aromatic heterocycles. The number of hydrogen-bond donors (Lipinski definition) is 3. The van der Waals surface area contributed by atoms with Crippen molar-refractivity contribution in [1.29, 1.82) is 0 Å². The summed E-state index contributed by atoms with van der Waals surface area (Å²) >= 11 is 0. The van der Waals surface area contributed by atoms with Gasteiger partial charge < -0.3 is 16.0 Å². The summed E-state index contributed by atoms with van der Waals surface area (Å²) in [5, 5.41) is 8.78. The average Bonchev–Trinajstić information content (AvgIpc) is 2.92. The molecule has 0 aliphatic heterocycles. The molecular weight excluding hydrogens is 254 g/mol. The van der Waals surface area contributed by atoms with Crippen LogP contribution in [0.1, 0.15) is 64.2 Å². The van der Waals surface area contributed by atoms with Gasteiger partial charge in [0.2, 0.25) is 5.91 Å². The normalized spacial score (nSPS) is 20.6. The van der Waals surface area contributed by atoms with Crippen molar-refractivity contribution < 1.29 is 9.59 Å². The van der Waals surface area contributed by atoms with E-state index in [9.17, 15) is 9.59 Å². The molecule has 0 bridgehead atoms. The molecule has 2 rings (SSSR count). The highest BCUT2D eigenvalue weighted by Gasteiger charge is 2.17. The standard InChI is InChI=1S/C15H27N3O2/c19-14(17-12-8-4-5-9-12)10-11-16-15(20)18-13-6-2-1-3-7-13/h12-13H,1-11H2,(H,17,19)(H2,16,18,20). The number of carbonyl (C=O) groups excluding carboxylic acids is 2. The van der Waals surface area contributed by atoms with E-state index in [1.54, 1.807) is 0 Å². The molecule has 3 amide bonds. The Balaban J connectivity index is 1.52. The number of carbonyl (C=O) groups is 2. The first kappa shape index (κ1) is 15.1. The van der Waals surface area contributed by atoms with Crippen LogP contribution in [0.25, 0.3) is 0 Å². The molecular formula is C15H27N3O2. The molecule has 2 aliphatic carbocycles. The zero-order valence-corrected chi connectivity index (χ0v) is 12.2. The predicted octanol–water partition coefficient (Wildman–Crippen LogP) is 2.07. The molecule has 5 nitrogen and oxygen atoms in total. The van der Waals surface area contributed by atoms with E-state index in [2.05, 4.69) is 16.0 Å². The third-order valence-electron chi connectivity index (χ3n) is 4.30. The topological polar surface area (TPSA) is 70.2 Å². The van der Waals surface area contributed by atoms with Crippen molar-refractivity contribution >= 4 is 11.9 Å². The molecule has 2 saturated carbocycles. The predicted molar refractivity (Wildman–Crippen MR) is 78.4 cm³/mol. The van der Waals surface area contributed by atoms with Gasteiger partial charge in [-0.3, -0.25) is 4.79 Å². The van der Waals surface area contributed by atoms with E-state index in [4.69, 9.17) is 0 Å². The number of hydrogen-bond acceptors (Lipinski definition) is 2. The lowest BCUT2D eigenvalue weighted by Crippen LogP contribution is -2.44. The lowest BCUT2D eigenvalue weighted by molar-refractivity contribution is -0.121. The van der Waals surface area contributed by atoms with Crippen molar-refractivity contribution in [2.45, 2.75) is 76.3 Å². The van der Waals surface area contributed by atoms with Crippen LogP contribution in [0.5, 0.6) is 0 Å². The minimum Gasteiger partial charge on any atom is -0.353 e. The lowest BCUT2D eigenvalue weighted by Gasteiger charge is -2.22. The molecule has 0 aromatic carbocycles. The van der Waals surface area contributed by atoms with Gasteiger partial charge in [-0.15, -0.1) is 0 Å². The summed E-state index contributed by atoms with van der Waals surface area (Å²) in [4.78, 5) is 23.4. The molecule has 2 aliphatic rings. The molecule has 0 spiro atoms. The third-order valence-corrected chi connectivity index (χ3v) is 4.30. The van der Waals surface area contributed by atoms with Gasteiger partial charge in [0.15, 0.2) is 0 Å². The van der Waals surface area contributed by atoms with Gasteiger partial charge in [-0.2, -0.15) is 0 Å². The highest BCUT2D eigenvalue weighted by atomic mass is 16.2. The van der Waals surface area contributed by atoms with Crippen LogP contribution >= 0.6 is 0 Å². The average molecular weight is 281 g/mol. The fourth-order valence-corrected chi connectivity index (χ4v) is 3.14. The van der Waals surface area contributed by atoms with Crippen LogP contribution in [-0.4, -0.2) is 30.6 Å². The van der Waals surface area contributed by atoms with Gasteiger partial charge in [0, 0.05) is 25.0 Å². The molecule has 3 N–H and O–H groups in total. The molecule has 0 atom stereocenters. The molecule has 20 heavy (non-hydrogen) atoms. The van der Waals surface area contributed by atoms with Crippen molar-refractivity contribution in [2.24, 2.45) is 0 Å². The van der Waals surface area contributed by atoms with Crippen molar-refractivity contribution in [3.05, 3.63) is 0 Å². The number of urea groups is 1. The van der Waals surface area contributed by atoms with Crippen LogP contribution in [0.15, 0.2) is 0 Å². The molecule has 114 valence electrons. The summed E-state index contributed by atoms with van der Waals surface area (Å²) in [6.45, 7) is 0.414. The smallest absolute Gasteiger partial charge is 0.315 e. The van der Waals surface area contributed by atoms with Gasteiger partial charge in [-0.05, 0) is 25.7 Å². The zero-order chi connectivity index (χ0) is 14.2. The largest absolute Gasteiger partial charge is 0.353 e. The van der Waals surface area contributed by atoms with Gasteiger partial charge in [-0.1, -0.05) is 32.1 Å². The molecule has 0 aromatic rings. The molecule has 0 heterocycles. The van der Waals surface area contributed by atoms with Gasteiger partial charge in [0.25, 0.3) is 0 Å². The lowest BCUT2D eigenvalue weighted by atomic mass is 9.96. The van der Waals surface area contributed by atoms with E-state index in [1.807, 2.05) is 0 Å². The second kappa shape index (κ2) is 8.12. The third kappa shape index (κ3) is 5.39. The van der Waals surface area contributed by atoms with Crippen molar-refractivity contribution in [2.75, 3.05) is 6.54 Å². The highest BCUT2D eigenvalue weighted by molar-refractivity contribution is 5.78. The molecule has 5 heteroatoms. The van der Waals surface area contributed by atoms with Gasteiger partial charge in [-0.25, -0.2) is 4.79 Å². The summed E-state index contributed by atoms with van der Waals surface area (Å²) in [7, 11) is 0. The second-order valence-electron chi connectivity index (χ2n) is 6.03. The summed E-state index contributed by atoms with van der Waals surface area (Å²) in [5.41, 5.74) is 0. The Kier molecular flexibility index (Phi) is 6.15. The minimum atomic E-state index is -0.134. The summed E-state index contributed by atoms with van der Waals surface area (Å²) in [6.07, 6.45) is 10.8. The number of rotatable bonds is 5. The maximum absolute atomic E-state index is 11.7. The minimum absolute atomic E-state index is 0.0508. The van der Waals surface area contributed by atoms with Crippen LogP contribution in [0.2, 0.25) is 0 Å². The van der Waals surface area contributed by atoms with E-state index in [0.717, 1.165) is 25.7 Å². The molecule has 2 fully saturated rings. The number of nitrogens with one attached hydrogen (secondary N) is 3. The van der Waals surface area contributed by atoms with Crippen LogP contribution < -0.4 is 16.0 Å². The molecule has 0 unspecified atom stereocenters. The Morgan fingerprint density at radius 3 is 2.00 bits per heavy atom. The quantitative estimate of drug-likeness (QED) is 0.722. The van der Waals surface area contributed by atoms with Gasteiger partial charge in [0.05, 0.1) is 0 Å². The second-order valence-corrected chi connectivity index (χ2v) is 6.03. The van der Waals surface area contributed by atoms with Crippen LogP contribution in [0.3, 0.4) is 0 Å². The van der Waals surface area contributed by atoms with Gasteiger partial charge >= 0.3 is 6.03 Å². The Morgan fingerprint density at radius 1 is 0.800 bits per heavy atom. The first-order valence-corrected chi connectivity index (χ1v) is 8.08. The van der Waals surface area contributed by atoms with E-state index in [0.29, 0.717) is 25.0 Å². The van der Waals surface area contributed by atoms with E-state index in [1.165, 1.54) is 32.1 Å². The van der Waals surface area contributed by atoms with E-state index < -0.39 is 0 Å². The maximum atomic E-state index is 11.7. The first-order chi connectivity index (χ1) is 9.74. The zero-order valence-electron chi connectivity index (χ0n) is 12.2. The van der Waals surface area contributed by atoms with Crippen LogP contribution in [0.4, 0.5) is 4.79 Å². The summed E-state index contributed by atoms with van der Waals surface area (Å²) in [5.74, 6) is 0.0508. The van der Waals surface area contributed by atoms with E-state index in [-0.39, 0.29) is 11.9 Å².